The minimum absolute atomic E-state index is 0.103. The van der Waals surface area contributed by atoms with E-state index in [1.54, 1.807) is 0 Å². The van der Waals surface area contributed by atoms with Gasteiger partial charge in [-0.25, -0.2) is 0 Å². The fraction of sp³-hybridized carbons (Fsp3) is 0.765. The van der Waals surface area contributed by atoms with Crippen LogP contribution in [-0.4, -0.2) is 72.4 Å². The lowest BCUT2D eigenvalue weighted by atomic mass is 9.41. The second-order valence-corrected chi connectivity index (χ2v) is 19.2. The van der Waals surface area contributed by atoms with Crippen molar-refractivity contribution in [1.29, 1.82) is 0 Å². The summed E-state index contributed by atoms with van der Waals surface area (Å²) in [6, 6.07) is 0. The van der Waals surface area contributed by atoms with Gasteiger partial charge in [-0.2, -0.15) is 0 Å². The highest BCUT2D eigenvalue weighted by Gasteiger charge is 2.64. The van der Waals surface area contributed by atoms with Gasteiger partial charge in [0.05, 0.1) is 12.2 Å². The molecule has 2 amide bonds. The molecule has 58 heavy (non-hydrogen) atoms. The molecule has 0 radical (unpaired) electrons. The van der Waals surface area contributed by atoms with E-state index in [4.69, 9.17) is 0 Å². The minimum Gasteiger partial charge on any atom is -0.393 e. The second-order valence-electron chi connectivity index (χ2n) is 19.2. The highest BCUT2D eigenvalue weighted by Crippen LogP contribution is 2.69. The third-order valence-corrected chi connectivity index (χ3v) is 15.5. The number of likely N-dealkylation sites (N-methyl/N-ethyl adjacent to an activating group) is 1. The normalized spacial score (nSPS) is 33.1. The van der Waals surface area contributed by atoms with Crippen molar-refractivity contribution >= 4 is 11.8 Å². The molecule has 0 bridgehead atoms. The lowest BCUT2D eigenvalue weighted by molar-refractivity contribution is -0.203. The molecule has 0 aromatic carbocycles. The molecule has 0 aromatic heterocycles. The van der Waals surface area contributed by atoms with Crippen LogP contribution in [0, 0.1) is 52.3 Å². The van der Waals surface area contributed by atoms with Crippen LogP contribution in [-0.2, 0) is 9.59 Å². The maximum absolute atomic E-state index is 12.9. The highest BCUT2D eigenvalue weighted by atomic mass is 16.3. The monoisotopic (exact) mass is 804 g/mol. The van der Waals surface area contributed by atoms with E-state index in [9.17, 15) is 19.8 Å². The molecule has 11 atom stereocenters. The smallest absolute Gasteiger partial charge is 0.220 e. The number of carbonyl (C=O) groups excluding carboxylic acids is 2. The molecule has 0 aliphatic heterocycles. The van der Waals surface area contributed by atoms with Crippen molar-refractivity contribution in [2.24, 2.45) is 52.3 Å². The van der Waals surface area contributed by atoms with E-state index in [2.05, 4.69) is 111 Å². The number of nitrogens with one attached hydrogen (secondary N) is 2. The zero-order chi connectivity index (χ0) is 42.0. The summed E-state index contributed by atoms with van der Waals surface area (Å²) in [5, 5.41) is 28.8. The molecule has 4 aliphatic carbocycles. The summed E-state index contributed by atoms with van der Waals surface area (Å²) in [5.41, 5.74) is 0.454. The van der Waals surface area contributed by atoms with Gasteiger partial charge in [-0.05, 0) is 156 Å². The first-order chi connectivity index (χ1) is 28.0. The number of carbonyl (C=O) groups is 2. The molecule has 4 N–H and O–H groups in total. The molecule has 7 nitrogen and oxygen atoms in total. The third-order valence-electron chi connectivity index (χ3n) is 15.5. The van der Waals surface area contributed by atoms with Gasteiger partial charge >= 0.3 is 0 Å². The Kier molecular flexibility index (Phi) is 20.5. The fourth-order valence-electron chi connectivity index (χ4n) is 12.3. The van der Waals surface area contributed by atoms with Crippen molar-refractivity contribution in [3.05, 3.63) is 60.8 Å². The number of nitrogens with zero attached hydrogens (tertiary/aromatic N) is 1. The predicted octanol–water partition coefficient (Wildman–Crippen LogP) is 10.1. The molecule has 0 spiro atoms. The van der Waals surface area contributed by atoms with Crippen LogP contribution in [0.3, 0.4) is 0 Å². The number of aliphatic hydroxyl groups excluding tert-OH is 2. The van der Waals surface area contributed by atoms with Crippen molar-refractivity contribution < 1.29 is 19.8 Å². The highest BCUT2D eigenvalue weighted by molar-refractivity contribution is 5.76. The van der Waals surface area contributed by atoms with Crippen LogP contribution < -0.4 is 10.6 Å². The third kappa shape index (κ3) is 13.5. The van der Waals surface area contributed by atoms with Gasteiger partial charge in [0.15, 0.2) is 0 Å². The molecule has 7 heteroatoms. The van der Waals surface area contributed by atoms with Gasteiger partial charge in [0.25, 0.3) is 0 Å². The Hall–Kier alpha value is -2.48. The molecular weight excluding hydrogens is 719 g/mol. The Morgan fingerprint density at radius 1 is 0.724 bits per heavy atom. The molecule has 1 unspecified atom stereocenters. The van der Waals surface area contributed by atoms with Crippen LogP contribution in [0.15, 0.2) is 60.8 Å². The van der Waals surface area contributed by atoms with E-state index in [0.717, 1.165) is 90.1 Å². The van der Waals surface area contributed by atoms with E-state index >= 15 is 0 Å². The van der Waals surface area contributed by atoms with Crippen LogP contribution in [0.2, 0.25) is 0 Å². The summed E-state index contributed by atoms with van der Waals surface area (Å²) in [6.45, 7) is 14.6. The Morgan fingerprint density at radius 2 is 1.28 bits per heavy atom. The van der Waals surface area contributed by atoms with Crippen molar-refractivity contribution in [3.8, 4) is 0 Å². The zero-order valence-corrected chi connectivity index (χ0v) is 37.7. The average molecular weight is 804 g/mol. The first-order valence-corrected chi connectivity index (χ1v) is 23.8. The van der Waals surface area contributed by atoms with Gasteiger partial charge in [0.1, 0.15) is 0 Å². The number of amides is 2. The standard InChI is InChI=1S/C51H85N3O4/c1-7-9-10-11-12-13-14-15-16-17-18-19-20-21-22-23-24-25-46(56)52-34-36-54(6)37-35-53-47(57)29-26-39(3)42-27-28-43-48-44(31-33-50(42,43)4)51(5)32-30-40(55)38-45(51)41(8-2)49(48)58/h9-10,12-13,15-16,18-19,21-22,39-45,48-49,55,58H,7-8,11,14,17,20,23-38H2,1-6H3,(H,52,56)(H,53,57)/b10-9-,13-12-,16-15-,19-18-,22-21-/t39-,40-,41-,42?,43+,44+,45+,48+,49-,50-,51-/m1/s1. The van der Waals surface area contributed by atoms with Crippen molar-refractivity contribution in [2.45, 2.75) is 162 Å². The Bertz CT molecular complexity index is 1390. The molecule has 4 aliphatic rings. The number of unbranched alkanes of at least 4 members (excludes halogenated alkanes) is 1. The number of aliphatic hydroxyl groups is 2. The van der Waals surface area contributed by atoms with E-state index in [-0.39, 0.29) is 40.8 Å². The quantitative estimate of drug-likeness (QED) is 0.0575. The molecule has 328 valence electrons. The van der Waals surface area contributed by atoms with Crippen molar-refractivity contribution in [3.63, 3.8) is 0 Å². The van der Waals surface area contributed by atoms with Crippen molar-refractivity contribution in [2.75, 3.05) is 33.2 Å². The number of fused-ring (bicyclic) bond motifs is 5. The molecule has 0 saturated heterocycles. The van der Waals surface area contributed by atoms with Gasteiger partial charge < -0.3 is 25.7 Å². The van der Waals surface area contributed by atoms with Gasteiger partial charge in [0.2, 0.25) is 11.8 Å². The van der Waals surface area contributed by atoms with Crippen LogP contribution in [0.5, 0.6) is 0 Å². The lowest BCUT2D eigenvalue weighted by Gasteiger charge is -2.64. The van der Waals surface area contributed by atoms with E-state index < -0.39 is 0 Å². The summed E-state index contributed by atoms with van der Waals surface area (Å²) >= 11 is 0. The van der Waals surface area contributed by atoms with Gasteiger partial charge in [-0.1, -0.05) is 102 Å². The predicted molar refractivity (Wildman–Crippen MR) is 242 cm³/mol. The van der Waals surface area contributed by atoms with Crippen LogP contribution in [0.1, 0.15) is 150 Å². The molecule has 0 heterocycles. The van der Waals surface area contributed by atoms with Crippen molar-refractivity contribution in [1.82, 2.24) is 15.5 Å². The summed E-state index contributed by atoms with van der Waals surface area (Å²) < 4.78 is 0. The number of hydrogen-bond acceptors (Lipinski definition) is 5. The zero-order valence-electron chi connectivity index (χ0n) is 37.7. The average Bonchev–Trinajstić information content (AvgIpc) is 3.56. The molecule has 0 aromatic rings. The Labute approximate surface area is 354 Å². The number of hydrogen-bond donors (Lipinski definition) is 4. The minimum atomic E-state index is -0.261. The van der Waals surface area contributed by atoms with E-state index in [1.165, 1.54) is 25.7 Å². The first kappa shape index (κ1) is 48.2. The summed E-state index contributed by atoms with van der Waals surface area (Å²) in [6.07, 6.45) is 39.0. The fourth-order valence-corrected chi connectivity index (χ4v) is 12.3. The molecule has 4 fully saturated rings. The largest absolute Gasteiger partial charge is 0.393 e. The van der Waals surface area contributed by atoms with Gasteiger partial charge in [0, 0.05) is 39.0 Å². The summed E-state index contributed by atoms with van der Waals surface area (Å²) in [7, 11) is 2.04. The van der Waals surface area contributed by atoms with Crippen LogP contribution >= 0.6 is 0 Å². The maximum atomic E-state index is 12.9. The SMILES string of the molecule is CC/C=C\C/C=C\C/C=C\C/C=C\C/C=C\CCCC(=O)NCCN(C)CCNC(=O)CC[C@@H](C)C1CC[C@H]2[C@@H]3[C@H](O)[C@H](CC)[C@@H]4C[C@H](O)CC[C@]4(C)[C@H]3CC[C@]12C. The topological polar surface area (TPSA) is 102 Å². The van der Waals surface area contributed by atoms with Gasteiger partial charge in [-0.15, -0.1) is 0 Å². The van der Waals surface area contributed by atoms with Gasteiger partial charge in [-0.3, -0.25) is 9.59 Å². The summed E-state index contributed by atoms with van der Waals surface area (Å²) in [5.74, 6) is 3.51. The van der Waals surface area contributed by atoms with E-state index in [0.29, 0.717) is 61.4 Å². The maximum Gasteiger partial charge on any atom is 0.220 e. The Balaban J connectivity index is 1.04. The number of rotatable bonds is 24. The number of allylic oxidation sites excluding steroid dienone is 10. The van der Waals surface area contributed by atoms with E-state index in [1.807, 2.05) is 7.05 Å². The molecular formula is C51H85N3O4. The second kappa shape index (κ2) is 24.7. The lowest BCUT2D eigenvalue weighted by Crippen LogP contribution is -2.62. The Morgan fingerprint density at radius 3 is 1.88 bits per heavy atom. The van der Waals surface area contributed by atoms with Crippen LogP contribution in [0.4, 0.5) is 0 Å². The first-order valence-electron chi connectivity index (χ1n) is 23.8. The molecule has 4 rings (SSSR count). The summed E-state index contributed by atoms with van der Waals surface area (Å²) in [4.78, 5) is 27.4. The molecule has 4 saturated carbocycles. The van der Waals surface area contributed by atoms with Crippen LogP contribution in [0.25, 0.3) is 0 Å².